The molecule has 1 aromatic rings. The predicted octanol–water partition coefficient (Wildman–Crippen LogP) is 2.80. The fourth-order valence-corrected chi connectivity index (χ4v) is 1.45. The van der Waals surface area contributed by atoms with Crippen LogP contribution in [0.1, 0.15) is 23.2 Å². The molecule has 0 aromatic carbocycles. The first kappa shape index (κ1) is 10.3. The lowest BCUT2D eigenvalue weighted by Gasteiger charge is -2.05. The Morgan fingerprint density at radius 3 is 2.69 bits per heavy atom. The second-order valence-corrected chi connectivity index (χ2v) is 3.45. The van der Waals surface area contributed by atoms with Gasteiger partial charge in [-0.3, -0.25) is 0 Å². The second kappa shape index (κ2) is 3.96. The van der Waals surface area contributed by atoms with E-state index >= 15 is 0 Å². The quantitative estimate of drug-likeness (QED) is 0.590. The third kappa shape index (κ3) is 2.12. The van der Waals surface area contributed by atoms with Gasteiger partial charge in [0, 0.05) is 5.56 Å². The molecule has 0 unspecified atom stereocenters. The van der Waals surface area contributed by atoms with Gasteiger partial charge in [-0.25, -0.2) is 13.8 Å². The Kier molecular flexibility index (Phi) is 3.14. The number of nitrogens with zero attached hydrogens (tertiary/aromatic N) is 2. The lowest BCUT2D eigenvalue weighted by Crippen LogP contribution is -1.98. The monoisotopic (exact) mass is 294 g/mol. The lowest BCUT2D eigenvalue weighted by atomic mass is 10.1. The average molecular weight is 294 g/mol. The molecule has 0 saturated carbocycles. The first-order valence-corrected chi connectivity index (χ1v) is 4.49. The van der Waals surface area contributed by atoms with Crippen LogP contribution in [0.15, 0.2) is 6.07 Å². The summed E-state index contributed by atoms with van der Waals surface area (Å²) in [4.78, 5) is 3.83. The molecular weight excluding hydrogens is 289 g/mol. The van der Waals surface area contributed by atoms with Crippen molar-refractivity contribution in [3.05, 3.63) is 26.6 Å². The standard InChI is InChI=1S/C8H5F2IN2/c1-4-6(7(9)10)2-5(3-12)13-8(4)11/h2,7H,1H3. The number of aromatic nitrogens is 1. The highest BCUT2D eigenvalue weighted by molar-refractivity contribution is 14.1. The maximum Gasteiger partial charge on any atom is 0.264 e. The van der Waals surface area contributed by atoms with Gasteiger partial charge < -0.3 is 0 Å². The van der Waals surface area contributed by atoms with E-state index in [1.165, 1.54) is 0 Å². The van der Waals surface area contributed by atoms with E-state index in [4.69, 9.17) is 5.26 Å². The van der Waals surface area contributed by atoms with Crippen molar-refractivity contribution < 1.29 is 8.78 Å². The summed E-state index contributed by atoms with van der Waals surface area (Å²) in [6, 6.07) is 2.87. The number of pyridine rings is 1. The topological polar surface area (TPSA) is 36.7 Å². The van der Waals surface area contributed by atoms with Crippen LogP contribution in [0.4, 0.5) is 8.78 Å². The lowest BCUT2D eigenvalue weighted by molar-refractivity contribution is 0.150. The Bertz CT molecular complexity index is 371. The van der Waals surface area contributed by atoms with Gasteiger partial charge in [-0.1, -0.05) is 0 Å². The molecule has 0 radical (unpaired) electrons. The number of rotatable bonds is 1. The molecule has 0 aliphatic heterocycles. The molecule has 1 heterocycles. The molecular formula is C8H5F2IN2. The van der Waals surface area contributed by atoms with Crippen molar-refractivity contribution in [1.29, 1.82) is 5.26 Å². The van der Waals surface area contributed by atoms with E-state index < -0.39 is 6.43 Å². The van der Waals surface area contributed by atoms with Crippen LogP contribution in [0.5, 0.6) is 0 Å². The molecule has 0 spiro atoms. The molecule has 0 aliphatic rings. The van der Waals surface area contributed by atoms with Crippen molar-refractivity contribution in [1.82, 2.24) is 4.98 Å². The largest absolute Gasteiger partial charge is 0.264 e. The summed E-state index contributed by atoms with van der Waals surface area (Å²) in [5.41, 5.74) is 0.357. The van der Waals surface area contributed by atoms with Gasteiger partial charge in [-0.2, -0.15) is 5.26 Å². The summed E-state index contributed by atoms with van der Waals surface area (Å²) in [7, 11) is 0. The first-order valence-electron chi connectivity index (χ1n) is 3.41. The number of halogens is 3. The third-order valence-electron chi connectivity index (χ3n) is 1.60. The van der Waals surface area contributed by atoms with E-state index in [9.17, 15) is 8.78 Å². The molecule has 0 bridgehead atoms. The van der Waals surface area contributed by atoms with Gasteiger partial charge >= 0.3 is 0 Å². The van der Waals surface area contributed by atoms with Gasteiger partial charge in [0.05, 0.1) is 0 Å². The SMILES string of the molecule is Cc1c(C(F)F)cc(C#N)nc1I. The molecule has 0 amide bonds. The second-order valence-electron chi connectivity index (χ2n) is 2.43. The van der Waals surface area contributed by atoms with Crippen molar-refractivity contribution >= 4 is 22.6 Å². The molecule has 5 heteroatoms. The van der Waals surface area contributed by atoms with Crippen molar-refractivity contribution in [3.8, 4) is 6.07 Å². The summed E-state index contributed by atoms with van der Waals surface area (Å²) in [5.74, 6) is 0. The first-order chi connectivity index (χ1) is 6.06. The number of hydrogen-bond donors (Lipinski definition) is 0. The van der Waals surface area contributed by atoms with E-state index in [-0.39, 0.29) is 11.3 Å². The highest BCUT2D eigenvalue weighted by Crippen LogP contribution is 2.25. The normalized spacial score (nSPS) is 10.2. The fourth-order valence-electron chi connectivity index (χ4n) is 0.880. The van der Waals surface area contributed by atoms with Gasteiger partial charge in [0.15, 0.2) is 0 Å². The Morgan fingerprint density at radius 1 is 1.62 bits per heavy atom. The minimum atomic E-state index is -2.55. The van der Waals surface area contributed by atoms with E-state index in [1.807, 2.05) is 22.6 Å². The molecule has 0 saturated heterocycles. The Hall–Kier alpha value is -0.770. The Morgan fingerprint density at radius 2 is 2.23 bits per heavy atom. The zero-order valence-electron chi connectivity index (χ0n) is 6.68. The molecule has 0 N–H and O–H groups in total. The average Bonchev–Trinajstić information content (AvgIpc) is 2.09. The summed E-state index contributed by atoms with van der Waals surface area (Å²) in [6.45, 7) is 1.57. The third-order valence-corrected chi connectivity index (χ3v) is 2.65. The molecule has 0 fully saturated rings. The maximum absolute atomic E-state index is 12.4. The van der Waals surface area contributed by atoms with E-state index in [1.54, 1.807) is 13.0 Å². The fraction of sp³-hybridized carbons (Fsp3) is 0.250. The van der Waals surface area contributed by atoms with Gasteiger partial charge in [0.1, 0.15) is 15.5 Å². The van der Waals surface area contributed by atoms with E-state index in [0.717, 1.165) is 6.07 Å². The molecule has 1 aromatic heterocycles. The number of nitriles is 1. The van der Waals surface area contributed by atoms with Gasteiger partial charge in [0.2, 0.25) is 0 Å². The predicted molar refractivity (Wildman–Crippen MR) is 51.4 cm³/mol. The molecule has 13 heavy (non-hydrogen) atoms. The highest BCUT2D eigenvalue weighted by atomic mass is 127. The summed E-state index contributed by atoms with van der Waals surface area (Å²) >= 11 is 1.84. The van der Waals surface area contributed by atoms with Crippen molar-refractivity contribution in [3.63, 3.8) is 0 Å². The van der Waals surface area contributed by atoms with Gasteiger partial charge in [-0.15, -0.1) is 0 Å². The van der Waals surface area contributed by atoms with E-state index in [2.05, 4.69) is 4.98 Å². The van der Waals surface area contributed by atoms with Crippen LogP contribution in [-0.4, -0.2) is 4.98 Å². The molecule has 1 rings (SSSR count). The van der Waals surface area contributed by atoms with Crippen LogP contribution in [0, 0.1) is 22.0 Å². The van der Waals surface area contributed by atoms with Crippen molar-refractivity contribution in [2.24, 2.45) is 0 Å². The summed E-state index contributed by atoms with van der Waals surface area (Å²) in [5, 5.41) is 8.50. The molecule has 0 atom stereocenters. The minimum absolute atomic E-state index is 0.0327. The maximum atomic E-state index is 12.4. The number of alkyl halides is 2. The van der Waals surface area contributed by atoms with Crippen molar-refractivity contribution in [2.45, 2.75) is 13.3 Å². The smallest absolute Gasteiger partial charge is 0.231 e. The Labute approximate surface area is 87.7 Å². The number of hydrogen-bond acceptors (Lipinski definition) is 2. The van der Waals surface area contributed by atoms with Crippen molar-refractivity contribution in [2.75, 3.05) is 0 Å². The minimum Gasteiger partial charge on any atom is -0.231 e. The molecule has 2 nitrogen and oxygen atoms in total. The van der Waals surface area contributed by atoms with Crippen LogP contribution < -0.4 is 0 Å². The zero-order chi connectivity index (χ0) is 10.0. The Balaban J connectivity index is 3.35. The van der Waals surface area contributed by atoms with Crippen LogP contribution in [0.3, 0.4) is 0 Å². The summed E-state index contributed by atoms with van der Waals surface area (Å²) < 4.78 is 25.2. The molecule has 0 aliphatic carbocycles. The zero-order valence-corrected chi connectivity index (χ0v) is 8.84. The summed E-state index contributed by atoms with van der Waals surface area (Å²) in [6.07, 6.45) is -2.55. The van der Waals surface area contributed by atoms with Crippen LogP contribution in [0.25, 0.3) is 0 Å². The van der Waals surface area contributed by atoms with Gasteiger partial charge in [0.25, 0.3) is 6.43 Å². The van der Waals surface area contributed by atoms with Crippen LogP contribution in [0.2, 0.25) is 0 Å². The molecule has 68 valence electrons. The van der Waals surface area contributed by atoms with Gasteiger partial charge in [-0.05, 0) is 41.1 Å². The van der Waals surface area contributed by atoms with Crippen LogP contribution in [-0.2, 0) is 0 Å². The van der Waals surface area contributed by atoms with Crippen LogP contribution >= 0.6 is 22.6 Å². The highest BCUT2D eigenvalue weighted by Gasteiger charge is 2.14. The van der Waals surface area contributed by atoms with E-state index in [0.29, 0.717) is 9.26 Å².